The number of hydrogen-bond donors (Lipinski definition) is 3. The van der Waals surface area contributed by atoms with Gasteiger partial charge in [-0.15, -0.1) is 12.4 Å². The topological polar surface area (TPSA) is 61.4 Å². The summed E-state index contributed by atoms with van der Waals surface area (Å²) in [6.45, 7) is 3.39. The molecular weight excluding hydrogens is 345 g/mol. The molecule has 1 fully saturated rings. The highest BCUT2D eigenvalue weighted by Crippen LogP contribution is 2.30. The molecule has 136 valence electrons. The predicted molar refractivity (Wildman–Crippen MR) is 87.1 cm³/mol. The largest absolute Gasteiger partial charge is 0.416 e. The van der Waals surface area contributed by atoms with E-state index in [1.165, 1.54) is 12.1 Å². The zero-order valence-electron chi connectivity index (χ0n) is 13.3. The highest BCUT2D eigenvalue weighted by Gasteiger charge is 2.30. The van der Waals surface area contributed by atoms with Crippen LogP contribution in [0, 0.1) is 5.92 Å². The molecule has 0 radical (unpaired) electrons. The van der Waals surface area contributed by atoms with Gasteiger partial charge in [0.15, 0.2) is 0 Å². The summed E-state index contributed by atoms with van der Waals surface area (Å²) < 4.78 is 37.6. The predicted octanol–water partition coefficient (Wildman–Crippen LogP) is 2.32. The summed E-state index contributed by atoms with van der Waals surface area (Å²) in [6.07, 6.45) is -4.61. The molecule has 8 heteroatoms. The molecule has 4 nitrogen and oxygen atoms in total. The van der Waals surface area contributed by atoms with E-state index in [4.69, 9.17) is 0 Å². The quantitative estimate of drug-likeness (QED) is 0.749. The lowest BCUT2D eigenvalue weighted by Gasteiger charge is -2.16. The van der Waals surface area contributed by atoms with E-state index in [0.717, 1.165) is 12.1 Å². The number of amides is 1. The average Bonchev–Trinajstić information content (AvgIpc) is 2.89. The van der Waals surface area contributed by atoms with Gasteiger partial charge < -0.3 is 15.7 Å². The number of aliphatic hydroxyl groups is 1. The number of benzene rings is 1. The van der Waals surface area contributed by atoms with Crippen LogP contribution in [0.2, 0.25) is 0 Å². The number of carbonyl (C=O) groups excluding carboxylic acids is 1. The number of rotatable bonds is 5. The van der Waals surface area contributed by atoms with Crippen LogP contribution in [0.5, 0.6) is 0 Å². The van der Waals surface area contributed by atoms with Crippen LogP contribution in [-0.4, -0.2) is 36.8 Å². The van der Waals surface area contributed by atoms with Gasteiger partial charge in [-0.25, -0.2) is 0 Å². The minimum absolute atomic E-state index is 0. The molecule has 0 spiro atoms. The highest BCUT2D eigenvalue weighted by atomic mass is 35.5. The van der Waals surface area contributed by atoms with Gasteiger partial charge in [-0.1, -0.05) is 19.1 Å². The number of hydrogen-bond acceptors (Lipinski definition) is 3. The molecule has 0 aliphatic carbocycles. The van der Waals surface area contributed by atoms with E-state index in [0.29, 0.717) is 25.2 Å². The molecule has 1 aromatic rings. The van der Waals surface area contributed by atoms with Gasteiger partial charge in [0.2, 0.25) is 5.91 Å². The summed E-state index contributed by atoms with van der Waals surface area (Å²) in [5.41, 5.74) is -0.00339. The summed E-state index contributed by atoms with van der Waals surface area (Å²) in [6, 6.07) is 4.88. The third-order valence-corrected chi connectivity index (χ3v) is 4.16. The Morgan fingerprint density at radius 3 is 2.46 bits per heavy atom. The Morgan fingerprint density at radius 2 is 1.96 bits per heavy atom. The van der Waals surface area contributed by atoms with E-state index in [-0.39, 0.29) is 36.6 Å². The highest BCUT2D eigenvalue weighted by molar-refractivity contribution is 5.85. The Labute approximate surface area is 145 Å². The van der Waals surface area contributed by atoms with Crippen LogP contribution in [0.3, 0.4) is 0 Å². The monoisotopic (exact) mass is 366 g/mol. The molecule has 1 heterocycles. The van der Waals surface area contributed by atoms with Crippen LogP contribution in [0.15, 0.2) is 24.3 Å². The van der Waals surface area contributed by atoms with Gasteiger partial charge >= 0.3 is 6.18 Å². The molecule has 2 rings (SSSR count). The maximum atomic E-state index is 12.5. The number of aliphatic hydroxyl groups excluding tert-OH is 1. The summed E-state index contributed by atoms with van der Waals surface area (Å²) >= 11 is 0. The zero-order chi connectivity index (χ0) is 17.0. The number of alkyl halides is 3. The van der Waals surface area contributed by atoms with Crippen molar-refractivity contribution in [2.75, 3.05) is 19.6 Å². The van der Waals surface area contributed by atoms with Crippen LogP contribution < -0.4 is 10.6 Å². The number of nitrogens with one attached hydrogen (secondary N) is 2. The SMILES string of the molecule is CC(CC(=O)NCC1CNCC1O)c1ccc(C(F)(F)F)cc1.Cl. The third kappa shape index (κ3) is 5.65. The van der Waals surface area contributed by atoms with Crippen molar-refractivity contribution >= 4 is 18.3 Å². The van der Waals surface area contributed by atoms with Crippen LogP contribution >= 0.6 is 12.4 Å². The standard InChI is InChI=1S/C16H21F3N2O2.ClH/c1-10(11-2-4-13(5-3-11)16(17,18)19)6-15(23)21-8-12-7-20-9-14(12)22;/h2-5,10,12,14,20,22H,6-9H2,1H3,(H,21,23);1H. The van der Waals surface area contributed by atoms with E-state index in [9.17, 15) is 23.1 Å². The Bertz CT molecular complexity index is 537. The van der Waals surface area contributed by atoms with E-state index >= 15 is 0 Å². The maximum absolute atomic E-state index is 12.5. The molecule has 1 amide bonds. The van der Waals surface area contributed by atoms with Gasteiger partial charge in [-0.3, -0.25) is 4.79 Å². The zero-order valence-corrected chi connectivity index (χ0v) is 14.1. The number of halogens is 4. The molecule has 0 bridgehead atoms. The first-order chi connectivity index (χ1) is 10.8. The minimum atomic E-state index is -4.35. The second-order valence-electron chi connectivity index (χ2n) is 6.01. The van der Waals surface area contributed by atoms with Gasteiger partial charge in [0.25, 0.3) is 0 Å². The minimum Gasteiger partial charge on any atom is -0.391 e. The number of carbonyl (C=O) groups is 1. The first kappa shape index (κ1) is 20.7. The second-order valence-corrected chi connectivity index (χ2v) is 6.01. The van der Waals surface area contributed by atoms with E-state index < -0.39 is 17.8 Å². The summed E-state index contributed by atoms with van der Waals surface area (Å²) in [5.74, 6) is -0.347. The molecule has 3 atom stereocenters. The second kappa shape index (κ2) is 8.69. The van der Waals surface area contributed by atoms with Gasteiger partial charge in [-0.2, -0.15) is 13.2 Å². The first-order valence-corrected chi connectivity index (χ1v) is 7.60. The molecule has 1 aromatic carbocycles. The van der Waals surface area contributed by atoms with Crippen molar-refractivity contribution < 1.29 is 23.1 Å². The van der Waals surface area contributed by atoms with Crippen molar-refractivity contribution in [3.05, 3.63) is 35.4 Å². The van der Waals surface area contributed by atoms with Crippen molar-refractivity contribution in [1.29, 1.82) is 0 Å². The van der Waals surface area contributed by atoms with Crippen LogP contribution in [0.1, 0.15) is 30.4 Å². The molecule has 1 saturated heterocycles. The molecule has 1 aliphatic rings. The fourth-order valence-corrected chi connectivity index (χ4v) is 2.64. The third-order valence-electron chi connectivity index (χ3n) is 4.16. The normalized spacial score (nSPS) is 21.9. The van der Waals surface area contributed by atoms with Crippen molar-refractivity contribution in [3.63, 3.8) is 0 Å². The Kier molecular flexibility index (Phi) is 7.51. The molecule has 3 unspecified atom stereocenters. The van der Waals surface area contributed by atoms with Gasteiger partial charge in [-0.05, 0) is 23.6 Å². The van der Waals surface area contributed by atoms with E-state index in [1.807, 2.05) is 0 Å². The Hall–Kier alpha value is -1.31. The smallest absolute Gasteiger partial charge is 0.391 e. The lowest BCUT2D eigenvalue weighted by Crippen LogP contribution is -2.34. The molecule has 24 heavy (non-hydrogen) atoms. The Balaban J connectivity index is 0.00000288. The summed E-state index contributed by atoms with van der Waals surface area (Å²) in [7, 11) is 0. The average molecular weight is 367 g/mol. The van der Waals surface area contributed by atoms with Crippen LogP contribution in [-0.2, 0) is 11.0 Å². The van der Waals surface area contributed by atoms with Crippen molar-refractivity contribution in [1.82, 2.24) is 10.6 Å². The van der Waals surface area contributed by atoms with E-state index in [2.05, 4.69) is 10.6 Å². The summed E-state index contributed by atoms with van der Waals surface area (Å²) in [5, 5.41) is 15.5. The summed E-state index contributed by atoms with van der Waals surface area (Å²) in [4.78, 5) is 11.9. The van der Waals surface area contributed by atoms with Gasteiger partial charge in [0.05, 0.1) is 11.7 Å². The van der Waals surface area contributed by atoms with E-state index in [1.54, 1.807) is 6.92 Å². The molecular formula is C16H22ClF3N2O2. The van der Waals surface area contributed by atoms with Crippen LogP contribution in [0.25, 0.3) is 0 Å². The lowest BCUT2D eigenvalue weighted by molar-refractivity contribution is -0.137. The molecule has 0 aromatic heterocycles. The van der Waals surface area contributed by atoms with Gasteiger partial charge in [0.1, 0.15) is 0 Å². The number of β-amino-alcohol motifs (C(OH)–C–C–N with tert-alkyl or cyclic N) is 1. The van der Waals surface area contributed by atoms with Gasteiger partial charge in [0, 0.05) is 32.0 Å². The van der Waals surface area contributed by atoms with Crippen LogP contribution in [0.4, 0.5) is 13.2 Å². The Morgan fingerprint density at radius 1 is 1.33 bits per heavy atom. The molecule has 3 N–H and O–H groups in total. The molecule has 0 saturated carbocycles. The fourth-order valence-electron chi connectivity index (χ4n) is 2.64. The molecule has 1 aliphatic heterocycles. The van der Waals surface area contributed by atoms with Crippen molar-refractivity contribution in [2.24, 2.45) is 5.92 Å². The first-order valence-electron chi connectivity index (χ1n) is 7.60. The van der Waals surface area contributed by atoms with Crippen molar-refractivity contribution in [3.8, 4) is 0 Å². The van der Waals surface area contributed by atoms with Crippen molar-refractivity contribution in [2.45, 2.75) is 31.5 Å². The lowest BCUT2D eigenvalue weighted by atomic mass is 9.96. The maximum Gasteiger partial charge on any atom is 0.416 e. The fraction of sp³-hybridized carbons (Fsp3) is 0.562.